The van der Waals surface area contributed by atoms with Gasteiger partial charge in [-0.2, -0.15) is 5.10 Å². The second-order valence-corrected chi connectivity index (χ2v) is 7.97. The number of methoxy groups -OCH3 is 1. The van der Waals surface area contributed by atoms with E-state index in [4.69, 9.17) is 4.74 Å². The van der Waals surface area contributed by atoms with Gasteiger partial charge in [0, 0.05) is 16.3 Å². The molecular weight excluding hydrogens is 510 g/mol. The summed E-state index contributed by atoms with van der Waals surface area (Å²) in [5.41, 5.74) is 2.95. The molecule has 7 nitrogen and oxygen atoms in total. The molecule has 1 aliphatic heterocycles. The Hall–Kier alpha value is -3.57. The maximum Gasteiger partial charge on any atom is 0.325 e. The Morgan fingerprint density at radius 2 is 1.80 bits per heavy atom. The van der Waals surface area contributed by atoms with E-state index < -0.39 is 11.9 Å². The van der Waals surface area contributed by atoms with E-state index in [0.717, 1.165) is 21.2 Å². The normalized spacial score (nSPS) is 11.9. The van der Waals surface area contributed by atoms with Gasteiger partial charge in [0.1, 0.15) is 13.2 Å². The van der Waals surface area contributed by atoms with E-state index in [9.17, 15) is 9.59 Å². The fourth-order valence-electron chi connectivity index (χ4n) is 3.05. The molecule has 1 aliphatic rings. The van der Waals surface area contributed by atoms with Crippen LogP contribution in [0.15, 0.2) is 63.8 Å². The van der Waals surface area contributed by atoms with E-state index in [1.807, 2.05) is 48.5 Å². The molecule has 3 rings (SSSR count). The molecule has 1 amide bonds. The van der Waals surface area contributed by atoms with Gasteiger partial charge in [-0.1, -0.05) is 78.7 Å². The van der Waals surface area contributed by atoms with Crippen molar-refractivity contribution in [3.8, 4) is 12.8 Å². The predicted molar refractivity (Wildman–Crippen MR) is 143 cm³/mol. The number of fused-ring (bicyclic) bond motifs is 1. The summed E-state index contributed by atoms with van der Waals surface area (Å²) in [5, 5.41) is 8.51. The van der Waals surface area contributed by atoms with Crippen LogP contribution in [0.5, 0.6) is 0 Å². The molecule has 8 heteroatoms. The molecule has 1 heterocycles. The molecule has 0 atom stereocenters. The van der Waals surface area contributed by atoms with E-state index in [2.05, 4.69) is 57.8 Å². The molecule has 0 saturated heterocycles. The number of esters is 1. The smallest absolute Gasteiger partial charge is 0.325 e. The summed E-state index contributed by atoms with van der Waals surface area (Å²) in [6.45, 7) is 6.42. The quantitative estimate of drug-likeness (QED) is 0.299. The molecule has 186 valence electrons. The summed E-state index contributed by atoms with van der Waals surface area (Å²) in [6.07, 6.45) is 10.9. The highest BCUT2D eigenvalue weighted by Gasteiger charge is 2.32. The molecule has 0 bridgehead atoms. The zero-order valence-corrected chi connectivity index (χ0v) is 22.2. The summed E-state index contributed by atoms with van der Waals surface area (Å²) in [6, 6.07) is 15.4. The number of nitrogens with zero attached hydrogens (tertiary/aromatic N) is 2. The fourth-order valence-corrected chi connectivity index (χ4v) is 3.54. The Morgan fingerprint density at radius 1 is 1.14 bits per heavy atom. The van der Waals surface area contributed by atoms with Crippen LogP contribution in [0.4, 0.5) is 0 Å². The number of hydrogen-bond donors (Lipinski definition) is 1. The molecule has 1 N–H and O–H groups in total. The number of ether oxygens (including phenoxy) is 2. The highest BCUT2D eigenvalue weighted by Crippen LogP contribution is 2.37. The molecule has 0 aliphatic carbocycles. The van der Waals surface area contributed by atoms with E-state index in [1.165, 1.54) is 13.5 Å². The van der Waals surface area contributed by atoms with Crippen molar-refractivity contribution in [2.75, 3.05) is 13.7 Å². The summed E-state index contributed by atoms with van der Waals surface area (Å²) in [4.78, 5) is 24.5. The number of benzene rings is 2. The number of carbonyl (C=O) groups excluding carboxylic acids is 2. The number of halogens is 1. The maximum absolute atomic E-state index is 13.0. The SMILES string of the molecule is C#C.C/C=N\N1Cc2c(Br)cccc2C(OCc2ccccc2)=C1C(=O)NCC(=O)OC.CCC. The molecular formula is C27H32BrN3O4. The van der Waals surface area contributed by atoms with Gasteiger partial charge in [-0.3, -0.25) is 14.6 Å². The minimum atomic E-state index is -0.541. The van der Waals surface area contributed by atoms with Crippen LogP contribution in [0.25, 0.3) is 5.76 Å². The lowest BCUT2D eigenvalue weighted by Crippen LogP contribution is -2.38. The van der Waals surface area contributed by atoms with Crippen LogP contribution in [0.1, 0.15) is 43.9 Å². The largest absolute Gasteiger partial charge is 0.486 e. The molecule has 0 unspecified atom stereocenters. The number of rotatable bonds is 7. The highest BCUT2D eigenvalue weighted by molar-refractivity contribution is 9.10. The first-order valence-corrected chi connectivity index (χ1v) is 11.9. The van der Waals surface area contributed by atoms with Gasteiger partial charge < -0.3 is 14.8 Å². The lowest BCUT2D eigenvalue weighted by Gasteiger charge is -2.31. The van der Waals surface area contributed by atoms with Gasteiger partial charge in [-0.25, -0.2) is 0 Å². The second kappa shape index (κ2) is 16.1. The third kappa shape index (κ3) is 8.62. The first-order valence-electron chi connectivity index (χ1n) is 11.1. The Kier molecular flexibility index (Phi) is 13.6. The maximum atomic E-state index is 13.0. The van der Waals surface area contributed by atoms with Crippen molar-refractivity contribution in [3.05, 3.63) is 75.4 Å². The molecule has 2 aromatic carbocycles. The second-order valence-electron chi connectivity index (χ2n) is 7.12. The van der Waals surface area contributed by atoms with Crippen molar-refractivity contribution < 1.29 is 19.1 Å². The van der Waals surface area contributed by atoms with Crippen molar-refractivity contribution in [2.45, 2.75) is 40.3 Å². The minimum Gasteiger partial charge on any atom is -0.486 e. The zero-order valence-electron chi connectivity index (χ0n) is 20.6. The Morgan fingerprint density at radius 3 is 2.40 bits per heavy atom. The Balaban J connectivity index is 0.00000114. The average Bonchev–Trinajstić information content (AvgIpc) is 2.88. The van der Waals surface area contributed by atoms with E-state index in [-0.39, 0.29) is 18.8 Å². The monoisotopic (exact) mass is 541 g/mol. The fraction of sp³-hybridized carbons (Fsp3) is 0.296. The number of hydrazone groups is 1. The van der Waals surface area contributed by atoms with Crippen LogP contribution in [-0.2, 0) is 32.2 Å². The van der Waals surface area contributed by atoms with Gasteiger partial charge in [0.2, 0.25) is 0 Å². The van der Waals surface area contributed by atoms with Crippen molar-refractivity contribution in [3.63, 3.8) is 0 Å². The first-order chi connectivity index (χ1) is 17.0. The van der Waals surface area contributed by atoms with E-state index >= 15 is 0 Å². The van der Waals surface area contributed by atoms with Gasteiger partial charge in [0.25, 0.3) is 5.91 Å². The lowest BCUT2D eigenvalue weighted by atomic mass is 10.00. The van der Waals surface area contributed by atoms with Gasteiger partial charge in [0.05, 0.1) is 13.7 Å². The molecule has 2 aromatic rings. The number of nitrogens with one attached hydrogen (secondary N) is 1. The van der Waals surface area contributed by atoms with Crippen LogP contribution in [0.3, 0.4) is 0 Å². The third-order valence-corrected chi connectivity index (χ3v) is 5.20. The third-order valence-electron chi connectivity index (χ3n) is 4.46. The number of terminal acetylenes is 1. The van der Waals surface area contributed by atoms with Gasteiger partial charge in [-0.15, -0.1) is 12.8 Å². The van der Waals surface area contributed by atoms with Crippen LogP contribution in [-0.4, -0.2) is 36.8 Å². The van der Waals surface area contributed by atoms with Gasteiger partial charge in [-0.05, 0) is 24.1 Å². The number of amides is 1. The standard InChI is InChI=1S/C22H22BrN3O4.C3H8.C2H2/c1-3-25-26-13-17-16(10-7-11-18(17)23)21(30-14-15-8-5-4-6-9-15)20(26)22(28)24-12-19(27)29-2;1-3-2;1-2/h3-11H,12-14H2,1-2H3,(H,24,28);3H2,1-2H3;1-2H/b25-3-;;. The van der Waals surface area contributed by atoms with Crippen LogP contribution in [0, 0.1) is 12.8 Å². The minimum absolute atomic E-state index is 0.235. The number of hydrogen-bond acceptors (Lipinski definition) is 6. The molecule has 35 heavy (non-hydrogen) atoms. The molecule has 0 saturated carbocycles. The van der Waals surface area contributed by atoms with Gasteiger partial charge in [0.15, 0.2) is 11.5 Å². The number of carbonyl (C=O) groups is 2. The summed E-state index contributed by atoms with van der Waals surface area (Å²) in [7, 11) is 1.27. The molecule has 0 spiro atoms. The molecule has 0 aromatic heterocycles. The van der Waals surface area contributed by atoms with Crippen molar-refractivity contribution in [1.82, 2.24) is 10.3 Å². The first kappa shape index (κ1) is 29.5. The van der Waals surface area contributed by atoms with E-state index in [0.29, 0.717) is 12.3 Å². The Bertz CT molecular complexity index is 1050. The zero-order chi connectivity index (χ0) is 26.2. The van der Waals surface area contributed by atoms with Crippen molar-refractivity contribution in [2.24, 2.45) is 5.10 Å². The van der Waals surface area contributed by atoms with Crippen LogP contribution < -0.4 is 5.32 Å². The Labute approximate surface area is 216 Å². The average molecular weight is 542 g/mol. The topological polar surface area (TPSA) is 80.2 Å². The summed E-state index contributed by atoms with van der Waals surface area (Å²) < 4.78 is 11.7. The highest BCUT2D eigenvalue weighted by atomic mass is 79.9. The van der Waals surface area contributed by atoms with E-state index in [1.54, 1.807) is 18.1 Å². The summed E-state index contributed by atoms with van der Waals surface area (Å²) >= 11 is 3.58. The van der Waals surface area contributed by atoms with Crippen LogP contribution in [0.2, 0.25) is 0 Å². The lowest BCUT2D eigenvalue weighted by molar-refractivity contribution is -0.140. The summed E-state index contributed by atoms with van der Waals surface area (Å²) in [5.74, 6) is -0.616. The van der Waals surface area contributed by atoms with Gasteiger partial charge >= 0.3 is 5.97 Å². The van der Waals surface area contributed by atoms with Crippen molar-refractivity contribution >= 4 is 39.8 Å². The van der Waals surface area contributed by atoms with Crippen molar-refractivity contribution in [1.29, 1.82) is 0 Å². The predicted octanol–water partition coefficient (Wildman–Crippen LogP) is 5.11. The van der Waals surface area contributed by atoms with Crippen LogP contribution >= 0.6 is 15.9 Å². The molecule has 0 radical (unpaired) electrons. The molecule has 0 fully saturated rings.